The molecule has 1 fully saturated rings. The van der Waals surface area contributed by atoms with Crippen molar-refractivity contribution in [3.63, 3.8) is 0 Å². The first kappa shape index (κ1) is 15.8. The molecule has 3 heterocycles. The predicted octanol–water partition coefficient (Wildman–Crippen LogP) is 2.86. The molecule has 0 saturated carbocycles. The third kappa shape index (κ3) is 2.43. The van der Waals surface area contributed by atoms with Crippen LogP contribution in [0.2, 0.25) is 0 Å². The molecule has 0 aliphatic carbocycles. The van der Waals surface area contributed by atoms with Crippen molar-refractivity contribution in [2.24, 2.45) is 0 Å². The molecule has 25 heavy (non-hydrogen) atoms. The molecular weight excluding hydrogens is 433 g/mol. The van der Waals surface area contributed by atoms with E-state index in [0.717, 1.165) is 6.42 Å². The number of hydrogen-bond acceptors (Lipinski definition) is 3. The molecule has 2 atom stereocenters. The molecule has 1 N–H and O–H groups in total. The van der Waals surface area contributed by atoms with Crippen LogP contribution in [0.15, 0.2) is 45.8 Å². The Morgan fingerprint density at radius 2 is 2.00 bits per heavy atom. The molecule has 0 radical (unpaired) electrons. The van der Waals surface area contributed by atoms with E-state index in [9.17, 15) is 9.59 Å². The first-order valence-electron chi connectivity index (χ1n) is 8.52. The van der Waals surface area contributed by atoms with E-state index >= 15 is 0 Å². The molecule has 3 aliphatic heterocycles. The standard InChI is InChI=1S/C20H16NO2S.In/c1-14-6-4-7-15(12-14)8-5-11-16-9-2-3-10-17(16)13-18-19(22)21-20(23)24-18;/h2-4,6-7,10-13,18H,8H2,1H3,(H,21,22,23);. The summed E-state index contributed by atoms with van der Waals surface area (Å²) >= 11 is -1.15. The minimum absolute atomic E-state index is 0.0908. The van der Waals surface area contributed by atoms with Gasteiger partial charge in [-0.05, 0) is 0 Å². The van der Waals surface area contributed by atoms with Crippen molar-refractivity contribution in [2.45, 2.75) is 22.3 Å². The number of hydrogen-bond donors (Lipinski definition) is 1. The fraction of sp³-hybridized carbons (Fsp3) is 0.200. The second kappa shape index (κ2) is 5.78. The van der Waals surface area contributed by atoms with Gasteiger partial charge in [-0.1, -0.05) is 0 Å². The van der Waals surface area contributed by atoms with E-state index in [1.165, 1.54) is 37.3 Å². The normalized spacial score (nSPS) is 23.2. The maximum absolute atomic E-state index is 12.3. The average Bonchev–Trinajstić information content (AvgIpc) is 3.13. The zero-order valence-electron chi connectivity index (χ0n) is 13.8. The number of thioether (sulfide) groups is 1. The fourth-order valence-corrected chi connectivity index (χ4v) is 18.9. The van der Waals surface area contributed by atoms with Crippen molar-refractivity contribution in [2.75, 3.05) is 0 Å². The number of benzene rings is 2. The van der Waals surface area contributed by atoms with Crippen molar-refractivity contribution in [1.82, 2.24) is 5.32 Å². The summed E-state index contributed by atoms with van der Waals surface area (Å²) in [6, 6.07) is 15.2. The number of carbonyl (C=O) groups is 2. The van der Waals surface area contributed by atoms with Gasteiger partial charge in [0.15, 0.2) is 0 Å². The van der Waals surface area contributed by atoms with Crippen LogP contribution in [0, 0.1) is 6.92 Å². The Morgan fingerprint density at radius 1 is 1.16 bits per heavy atom. The summed E-state index contributed by atoms with van der Waals surface area (Å²) < 4.78 is 3.38. The van der Waals surface area contributed by atoms with E-state index in [2.05, 4.69) is 60.8 Å². The molecule has 3 aliphatic rings. The summed E-state index contributed by atoms with van der Waals surface area (Å²) in [5.41, 5.74) is 5.31. The Labute approximate surface area is 158 Å². The number of allylic oxidation sites excluding steroid dienone is 1. The van der Waals surface area contributed by atoms with Gasteiger partial charge in [-0.15, -0.1) is 0 Å². The summed E-state index contributed by atoms with van der Waals surface area (Å²) in [6.45, 7) is 2.12. The molecule has 0 aromatic heterocycles. The maximum atomic E-state index is 12.3. The van der Waals surface area contributed by atoms with Crippen LogP contribution in [0.3, 0.4) is 0 Å². The molecule has 122 valence electrons. The Hall–Kier alpha value is -1.46. The van der Waals surface area contributed by atoms with Crippen LogP contribution >= 0.6 is 11.8 Å². The van der Waals surface area contributed by atoms with E-state index in [4.69, 9.17) is 0 Å². The summed E-state index contributed by atoms with van der Waals surface area (Å²) in [5, 5.41) is 2.07. The summed E-state index contributed by atoms with van der Waals surface area (Å²) in [5.74, 6) is -0.0908. The van der Waals surface area contributed by atoms with Gasteiger partial charge in [0.05, 0.1) is 0 Å². The number of amides is 2. The van der Waals surface area contributed by atoms with E-state index in [-0.39, 0.29) is 20.1 Å². The molecular formula is C20H16InNO2S. The number of rotatable bonds is 3. The Bertz CT molecular complexity index is 968. The average molecular weight is 449 g/mol. The van der Waals surface area contributed by atoms with Gasteiger partial charge in [0.1, 0.15) is 0 Å². The molecule has 2 amide bonds. The van der Waals surface area contributed by atoms with Gasteiger partial charge in [0.2, 0.25) is 0 Å². The van der Waals surface area contributed by atoms with Crippen LogP contribution in [0.4, 0.5) is 4.79 Å². The van der Waals surface area contributed by atoms with Gasteiger partial charge in [-0.2, -0.15) is 0 Å². The van der Waals surface area contributed by atoms with Gasteiger partial charge >= 0.3 is 159 Å². The number of aryl methyl sites for hydroxylation is 1. The molecule has 0 spiro atoms. The fourth-order valence-electron chi connectivity index (χ4n) is 4.57. The van der Waals surface area contributed by atoms with E-state index in [1.54, 1.807) is 3.33 Å². The van der Waals surface area contributed by atoms with Crippen LogP contribution in [-0.2, 0) is 11.2 Å². The SMILES string of the molecule is Cc1cccc(C[C]2=Cc3c4ccc[c]3[In]2[CH]4C2SC(=O)NC2=O)c1. The molecule has 2 unspecified atom stereocenters. The van der Waals surface area contributed by atoms with Crippen molar-refractivity contribution in [3.8, 4) is 0 Å². The van der Waals surface area contributed by atoms with Gasteiger partial charge < -0.3 is 0 Å². The number of carbonyl (C=O) groups excluding carboxylic acids is 2. The molecule has 3 nitrogen and oxygen atoms in total. The Morgan fingerprint density at radius 3 is 2.72 bits per heavy atom. The first-order chi connectivity index (χ1) is 12.1. The van der Waals surface area contributed by atoms with Gasteiger partial charge in [0.25, 0.3) is 0 Å². The summed E-state index contributed by atoms with van der Waals surface area (Å²) in [6.07, 6.45) is 3.38. The van der Waals surface area contributed by atoms with Crippen LogP contribution in [0.25, 0.3) is 6.08 Å². The van der Waals surface area contributed by atoms with Crippen molar-refractivity contribution >= 4 is 53.7 Å². The van der Waals surface area contributed by atoms with E-state index in [0.29, 0.717) is 0 Å². The van der Waals surface area contributed by atoms with E-state index < -0.39 is 21.4 Å². The quantitative estimate of drug-likeness (QED) is 0.785. The zero-order valence-corrected chi connectivity index (χ0v) is 17.9. The van der Waals surface area contributed by atoms with E-state index in [1.807, 2.05) is 0 Å². The van der Waals surface area contributed by atoms with Crippen LogP contribution in [0.5, 0.6) is 0 Å². The minimum atomic E-state index is -2.35. The Kier molecular flexibility index (Phi) is 3.65. The molecule has 2 aromatic carbocycles. The van der Waals surface area contributed by atoms with Crippen LogP contribution in [0.1, 0.15) is 25.9 Å². The number of imide groups is 1. The monoisotopic (exact) mass is 449 g/mol. The summed E-state index contributed by atoms with van der Waals surface area (Å²) in [4.78, 5) is 24.1. The second-order valence-electron chi connectivity index (χ2n) is 7.05. The first-order valence-corrected chi connectivity index (χ1v) is 14.6. The van der Waals surface area contributed by atoms with Crippen molar-refractivity contribution in [1.29, 1.82) is 0 Å². The number of nitrogens with one attached hydrogen (secondary N) is 1. The van der Waals surface area contributed by atoms with Crippen LogP contribution in [-0.4, -0.2) is 37.8 Å². The topological polar surface area (TPSA) is 46.2 Å². The molecule has 1 saturated heterocycles. The zero-order chi connectivity index (χ0) is 17.1. The third-order valence-corrected chi connectivity index (χ3v) is 18.2. The molecule has 5 rings (SSSR count). The third-order valence-electron chi connectivity index (χ3n) is 5.49. The van der Waals surface area contributed by atoms with Crippen LogP contribution < -0.4 is 8.64 Å². The molecule has 4 bridgehead atoms. The Balaban J connectivity index is 1.53. The summed E-state index contributed by atoms with van der Waals surface area (Å²) in [7, 11) is 0. The molecule has 5 heteroatoms. The molecule has 2 aromatic rings. The van der Waals surface area contributed by atoms with Gasteiger partial charge in [-0.25, -0.2) is 0 Å². The van der Waals surface area contributed by atoms with Gasteiger partial charge in [-0.3, -0.25) is 0 Å². The van der Waals surface area contributed by atoms with Crippen molar-refractivity contribution < 1.29 is 9.59 Å². The second-order valence-corrected chi connectivity index (χ2v) is 16.8. The van der Waals surface area contributed by atoms with Crippen molar-refractivity contribution in [3.05, 3.63) is 68.0 Å². The van der Waals surface area contributed by atoms with Gasteiger partial charge in [0, 0.05) is 0 Å². The predicted molar refractivity (Wildman–Crippen MR) is 102 cm³/mol.